The van der Waals surface area contributed by atoms with E-state index in [0.29, 0.717) is 12.4 Å². The number of rotatable bonds is 6. The van der Waals surface area contributed by atoms with Crippen LogP contribution >= 0.6 is 22.6 Å². The molecule has 5 nitrogen and oxygen atoms in total. The van der Waals surface area contributed by atoms with E-state index in [9.17, 15) is 10.2 Å². The number of imidazole rings is 1. The van der Waals surface area contributed by atoms with E-state index in [1.54, 1.807) is 6.92 Å². The van der Waals surface area contributed by atoms with Gasteiger partial charge in [0.2, 0.25) is 0 Å². The summed E-state index contributed by atoms with van der Waals surface area (Å²) in [5.74, 6) is 1.27. The number of benzene rings is 2. The van der Waals surface area contributed by atoms with Crippen molar-refractivity contribution < 1.29 is 14.9 Å². The second kappa shape index (κ2) is 7.50. The molecule has 0 aliphatic carbocycles. The van der Waals surface area contributed by atoms with Crippen LogP contribution in [0.5, 0.6) is 5.75 Å². The Morgan fingerprint density at radius 3 is 2.54 bits per heavy atom. The highest BCUT2D eigenvalue weighted by molar-refractivity contribution is 14.1. The van der Waals surface area contributed by atoms with Crippen LogP contribution in [-0.2, 0) is 6.54 Å². The van der Waals surface area contributed by atoms with E-state index in [4.69, 9.17) is 4.74 Å². The Labute approximate surface area is 154 Å². The Morgan fingerprint density at radius 1 is 1.12 bits per heavy atom. The van der Waals surface area contributed by atoms with Gasteiger partial charge >= 0.3 is 0 Å². The number of aromatic nitrogens is 2. The molecule has 0 aliphatic rings. The Balaban J connectivity index is 1.73. The molecule has 0 saturated carbocycles. The van der Waals surface area contributed by atoms with E-state index < -0.39 is 12.2 Å². The minimum atomic E-state index is -0.709. The number of halogens is 1. The summed E-state index contributed by atoms with van der Waals surface area (Å²) in [5, 5.41) is 20.3. The van der Waals surface area contributed by atoms with Gasteiger partial charge in [-0.2, -0.15) is 0 Å². The molecule has 1 heterocycles. The lowest BCUT2D eigenvalue weighted by molar-refractivity contribution is 0.0895. The van der Waals surface area contributed by atoms with Crippen LogP contribution in [0.15, 0.2) is 48.5 Å². The van der Waals surface area contributed by atoms with Gasteiger partial charge in [-0.15, -0.1) is 0 Å². The molecule has 3 rings (SSSR count). The van der Waals surface area contributed by atoms with Crippen molar-refractivity contribution in [3.63, 3.8) is 0 Å². The number of fused-ring (bicyclic) bond motifs is 1. The minimum absolute atomic E-state index is 0.173. The summed E-state index contributed by atoms with van der Waals surface area (Å²) in [7, 11) is 0. The van der Waals surface area contributed by atoms with Gasteiger partial charge in [-0.25, -0.2) is 4.98 Å². The lowest BCUT2D eigenvalue weighted by atomic mass is 10.3. The largest absolute Gasteiger partial charge is 0.491 e. The predicted molar refractivity (Wildman–Crippen MR) is 101 cm³/mol. The maximum atomic E-state index is 10.3. The van der Waals surface area contributed by atoms with E-state index in [2.05, 4.69) is 27.6 Å². The zero-order valence-corrected chi connectivity index (χ0v) is 15.4. The molecule has 0 spiro atoms. The van der Waals surface area contributed by atoms with Gasteiger partial charge < -0.3 is 19.5 Å². The number of hydrogen-bond acceptors (Lipinski definition) is 4. The SMILES string of the molecule is C[C@@H](O)c1nc2ccccc2n1C[C@H](O)COc1ccc(I)cc1. The van der Waals surface area contributed by atoms with Gasteiger partial charge in [0, 0.05) is 3.57 Å². The summed E-state index contributed by atoms with van der Waals surface area (Å²) >= 11 is 2.23. The van der Waals surface area contributed by atoms with Gasteiger partial charge in [-0.1, -0.05) is 12.1 Å². The fourth-order valence-electron chi connectivity index (χ4n) is 2.59. The van der Waals surface area contributed by atoms with Crippen LogP contribution < -0.4 is 4.74 Å². The topological polar surface area (TPSA) is 67.5 Å². The van der Waals surface area contributed by atoms with Crippen molar-refractivity contribution in [2.45, 2.75) is 25.7 Å². The quantitative estimate of drug-likeness (QED) is 0.581. The second-order valence-corrected chi connectivity index (χ2v) is 6.91. The number of aliphatic hydroxyl groups is 2. The molecule has 126 valence electrons. The van der Waals surface area contributed by atoms with Gasteiger partial charge in [0.1, 0.15) is 30.4 Å². The van der Waals surface area contributed by atoms with Crippen molar-refractivity contribution in [2.24, 2.45) is 0 Å². The van der Waals surface area contributed by atoms with Crippen LogP contribution in [0.2, 0.25) is 0 Å². The maximum Gasteiger partial charge on any atom is 0.138 e. The predicted octanol–water partition coefficient (Wildman–Crippen LogP) is 3.13. The summed E-state index contributed by atoms with van der Waals surface area (Å²) in [5.41, 5.74) is 1.70. The monoisotopic (exact) mass is 438 g/mol. The normalized spacial score (nSPS) is 13.8. The van der Waals surface area contributed by atoms with E-state index in [-0.39, 0.29) is 6.61 Å². The van der Waals surface area contributed by atoms with E-state index in [1.165, 1.54) is 0 Å². The van der Waals surface area contributed by atoms with Crippen molar-refractivity contribution in [3.05, 3.63) is 57.9 Å². The van der Waals surface area contributed by atoms with E-state index >= 15 is 0 Å². The highest BCUT2D eigenvalue weighted by atomic mass is 127. The van der Waals surface area contributed by atoms with Crippen molar-refractivity contribution in [3.8, 4) is 5.75 Å². The van der Waals surface area contributed by atoms with Crippen LogP contribution in [0.3, 0.4) is 0 Å². The van der Waals surface area contributed by atoms with Crippen LogP contribution in [-0.4, -0.2) is 32.5 Å². The molecule has 0 amide bonds. The zero-order valence-electron chi connectivity index (χ0n) is 13.3. The molecule has 0 fully saturated rings. The molecule has 0 aliphatic heterocycles. The van der Waals surface area contributed by atoms with Crippen LogP contribution in [0.1, 0.15) is 18.9 Å². The molecule has 0 unspecified atom stereocenters. The van der Waals surface area contributed by atoms with Crippen LogP contribution in [0.25, 0.3) is 11.0 Å². The van der Waals surface area contributed by atoms with Gasteiger partial charge in [0.25, 0.3) is 0 Å². The zero-order chi connectivity index (χ0) is 17.1. The molecule has 0 radical (unpaired) electrons. The first kappa shape index (κ1) is 17.2. The second-order valence-electron chi connectivity index (χ2n) is 5.66. The molecular formula is C18H19IN2O3. The van der Waals surface area contributed by atoms with Crippen LogP contribution in [0, 0.1) is 3.57 Å². The fraction of sp³-hybridized carbons (Fsp3) is 0.278. The molecule has 1 aromatic heterocycles. The smallest absolute Gasteiger partial charge is 0.138 e. The van der Waals surface area contributed by atoms with Gasteiger partial charge in [0.05, 0.1) is 17.6 Å². The number of para-hydroxylation sites is 2. The number of hydrogen-bond donors (Lipinski definition) is 2. The average Bonchev–Trinajstić information content (AvgIpc) is 2.93. The highest BCUT2D eigenvalue weighted by Crippen LogP contribution is 2.21. The first-order valence-corrected chi connectivity index (χ1v) is 8.82. The van der Waals surface area contributed by atoms with Gasteiger partial charge in [-0.05, 0) is 65.9 Å². The summed E-state index contributed by atoms with van der Waals surface area (Å²) in [6.45, 7) is 2.16. The van der Waals surface area contributed by atoms with Crippen molar-refractivity contribution in [2.75, 3.05) is 6.61 Å². The third kappa shape index (κ3) is 3.88. The molecule has 3 aromatic rings. The summed E-state index contributed by atoms with van der Waals surface area (Å²) in [6.07, 6.45) is -1.42. The Hall–Kier alpha value is -1.64. The molecule has 2 N–H and O–H groups in total. The summed E-state index contributed by atoms with van der Waals surface area (Å²) in [6, 6.07) is 15.3. The maximum absolute atomic E-state index is 10.3. The van der Waals surface area contributed by atoms with Gasteiger partial charge in [0.15, 0.2) is 0 Å². The number of ether oxygens (including phenoxy) is 1. The van der Waals surface area contributed by atoms with Crippen LogP contribution in [0.4, 0.5) is 0 Å². The number of nitrogens with zero attached hydrogens (tertiary/aromatic N) is 2. The fourth-order valence-corrected chi connectivity index (χ4v) is 2.95. The first-order valence-electron chi connectivity index (χ1n) is 7.74. The minimum Gasteiger partial charge on any atom is -0.491 e. The highest BCUT2D eigenvalue weighted by Gasteiger charge is 2.17. The van der Waals surface area contributed by atoms with E-state index in [1.807, 2.05) is 53.1 Å². The third-order valence-corrected chi connectivity index (χ3v) is 4.43. The molecule has 0 saturated heterocycles. The molecule has 24 heavy (non-hydrogen) atoms. The lowest BCUT2D eigenvalue weighted by Gasteiger charge is -2.16. The van der Waals surface area contributed by atoms with Gasteiger partial charge in [-0.3, -0.25) is 0 Å². The van der Waals surface area contributed by atoms with E-state index in [0.717, 1.165) is 20.4 Å². The summed E-state index contributed by atoms with van der Waals surface area (Å²) < 4.78 is 8.62. The Kier molecular flexibility index (Phi) is 5.37. The standard InChI is InChI=1S/C18H19IN2O3/c1-12(22)18-20-16-4-2-3-5-17(16)21(18)10-14(23)11-24-15-8-6-13(19)7-9-15/h2-9,12,14,22-23H,10-11H2,1H3/t12-,14+/m1/s1. The Bertz CT molecular complexity index is 815. The number of aliphatic hydroxyl groups excluding tert-OH is 2. The average molecular weight is 438 g/mol. The van der Waals surface area contributed by atoms with Crippen molar-refractivity contribution >= 4 is 33.6 Å². The molecule has 2 atom stereocenters. The molecular weight excluding hydrogens is 419 g/mol. The summed E-state index contributed by atoms with van der Waals surface area (Å²) in [4.78, 5) is 4.45. The molecule has 6 heteroatoms. The Morgan fingerprint density at radius 2 is 1.83 bits per heavy atom. The molecule has 0 bridgehead atoms. The third-order valence-electron chi connectivity index (χ3n) is 3.71. The molecule has 2 aromatic carbocycles. The first-order chi connectivity index (χ1) is 11.5. The van der Waals surface area contributed by atoms with Crippen molar-refractivity contribution in [1.29, 1.82) is 0 Å². The lowest BCUT2D eigenvalue weighted by Crippen LogP contribution is -2.25. The van der Waals surface area contributed by atoms with Crippen molar-refractivity contribution in [1.82, 2.24) is 9.55 Å².